The van der Waals surface area contributed by atoms with Crippen molar-refractivity contribution in [2.45, 2.75) is 65.2 Å². The highest BCUT2D eigenvalue weighted by Crippen LogP contribution is 2.41. The third-order valence-electron chi connectivity index (χ3n) is 6.86. The summed E-state index contributed by atoms with van der Waals surface area (Å²) < 4.78 is 0. The summed E-state index contributed by atoms with van der Waals surface area (Å²) in [6, 6.07) is 16.2. The molecule has 1 atom stereocenters. The quantitative estimate of drug-likeness (QED) is 0.534. The van der Waals surface area contributed by atoms with Gasteiger partial charge in [-0.3, -0.25) is 0 Å². The van der Waals surface area contributed by atoms with Crippen LogP contribution in [-0.4, -0.2) is 0 Å². The first kappa shape index (κ1) is 17.6. The molecule has 0 radical (unpaired) electrons. The molecule has 0 spiro atoms. The van der Waals surface area contributed by atoms with Crippen molar-refractivity contribution in [3.63, 3.8) is 0 Å². The minimum absolute atomic E-state index is 0.644. The van der Waals surface area contributed by atoms with Crippen LogP contribution in [0.1, 0.15) is 75.5 Å². The minimum atomic E-state index is 0.644. The zero-order valence-corrected chi connectivity index (χ0v) is 16.6. The van der Waals surface area contributed by atoms with E-state index >= 15 is 0 Å². The van der Waals surface area contributed by atoms with Crippen LogP contribution in [0.5, 0.6) is 0 Å². The molecule has 0 heteroatoms. The van der Waals surface area contributed by atoms with Crippen LogP contribution in [0.4, 0.5) is 0 Å². The molecule has 0 N–H and O–H groups in total. The zero-order chi connectivity index (χ0) is 18.1. The number of rotatable bonds is 4. The molecular formula is C26H32. The summed E-state index contributed by atoms with van der Waals surface area (Å²) in [6.07, 6.45) is 10.5. The molecular weight excluding hydrogens is 312 g/mol. The Morgan fingerprint density at radius 3 is 2.38 bits per heavy atom. The van der Waals surface area contributed by atoms with E-state index in [1.165, 1.54) is 66.3 Å². The number of hydrogen-bond donors (Lipinski definition) is 0. The third-order valence-corrected chi connectivity index (χ3v) is 6.86. The Labute approximate surface area is 159 Å². The summed E-state index contributed by atoms with van der Waals surface area (Å²) >= 11 is 0. The summed E-state index contributed by atoms with van der Waals surface area (Å²) in [7, 11) is 0. The second-order valence-electron chi connectivity index (χ2n) is 8.66. The summed E-state index contributed by atoms with van der Waals surface area (Å²) in [5.41, 5.74) is 8.94. The molecule has 2 aromatic carbocycles. The lowest BCUT2D eigenvalue weighted by atomic mass is 9.79. The van der Waals surface area contributed by atoms with Crippen LogP contribution in [0.15, 0.2) is 48.0 Å². The van der Waals surface area contributed by atoms with Crippen LogP contribution in [0.2, 0.25) is 0 Å². The van der Waals surface area contributed by atoms with E-state index in [2.05, 4.69) is 69.3 Å². The van der Waals surface area contributed by atoms with E-state index in [9.17, 15) is 0 Å². The first-order valence-corrected chi connectivity index (χ1v) is 10.6. The molecule has 1 unspecified atom stereocenters. The first-order chi connectivity index (χ1) is 12.7. The first-order valence-electron chi connectivity index (χ1n) is 10.6. The Morgan fingerprint density at radius 1 is 0.962 bits per heavy atom. The van der Waals surface area contributed by atoms with Crippen molar-refractivity contribution in [2.24, 2.45) is 11.8 Å². The lowest BCUT2D eigenvalue weighted by molar-refractivity contribution is 0.319. The molecule has 136 valence electrons. The van der Waals surface area contributed by atoms with Crippen molar-refractivity contribution in [1.29, 1.82) is 0 Å². The number of hydrogen-bond acceptors (Lipinski definition) is 0. The van der Waals surface area contributed by atoms with E-state index in [0.717, 1.165) is 11.8 Å². The van der Waals surface area contributed by atoms with Gasteiger partial charge in [-0.25, -0.2) is 0 Å². The maximum Gasteiger partial charge on any atom is -0.00548 e. The van der Waals surface area contributed by atoms with Gasteiger partial charge in [0, 0.05) is 0 Å². The molecule has 2 aromatic rings. The summed E-state index contributed by atoms with van der Waals surface area (Å²) in [4.78, 5) is 0. The van der Waals surface area contributed by atoms with E-state index in [-0.39, 0.29) is 0 Å². The fourth-order valence-corrected chi connectivity index (χ4v) is 4.77. The zero-order valence-electron chi connectivity index (χ0n) is 16.6. The molecule has 0 amide bonds. The van der Waals surface area contributed by atoms with Crippen molar-refractivity contribution >= 4 is 6.08 Å². The van der Waals surface area contributed by atoms with Crippen LogP contribution in [0.3, 0.4) is 0 Å². The molecule has 0 nitrogen and oxygen atoms in total. The van der Waals surface area contributed by atoms with Gasteiger partial charge in [0.2, 0.25) is 0 Å². The van der Waals surface area contributed by atoms with Crippen molar-refractivity contribution in [1.82, 2.24) is 0 Å². The lowest BCUT2D eigenvalue weighted by Crippen LogP contribution is -2.14. The molecule has 0 heterocycles. The Bertz CT molecular complexity index is 785. The fraction of sp³-hybridized carbons (Fsp3) is 0.462. The molecule has 2 aliphatic carbocycles. The van der Waals surface area contributed by atoms with Crippen molar-refractivity contribution in [3.8, 4) is 11.1 Å². The number of benzene rings is 2. The largest absolute Gasteiger partial charge is 0.0648 e. The smallest absolute Gasteiger partial charge is 0.00548 e. The van der Waals surface area contributed by atoms with Crippen LogP contribution in [0.25, 0.3) is 17.2 Å². The molecule has 0 saturated heterocycles. The van der Waals surface area contributed by atoms with Crippen LogP contribution in [-0.2, 0) is 6.42 Å². The molecule has 0 aliphatic heterocycles. The van der Waals surface area contributed by atoms with Gasteiger partial charge >= 0.3 is 0 Å². The summed E-state index contributed by atoms with van der Waals surface area (Å²) in [6.45, 7) is 6.99. The van der Waals surface area contributed by atoms with Gasteiger partial charge in [0.1, 0.15) is 0 Å². The molecule has 4 rings (SSSR count). The van der Waals surface area contributed by atoms with E-state index in [1.54, 1.807) is 5.57 Å². The van der Waals surface area contributed by atoms with E-state index in [4.69, 9.17) is 0 Å². The second-order valence-corrected chi connectivity index (χ2v) is 8.66. The third kappa shape index (κ3) is 3.39. The Morgan fingerprint density at radius 2 is 1.69 bits per heavy atom. The van der Waals surface area contributed by atoms with Gasteiger partial charge in [-0.15, -0.1) is 0 Å². The Hall–Kier alpha value is -1.82. The maximum atomic E-state index is 2.54. The number of allylic oxidation sites excluding steroid dienone is 1. The lowest BCUT2D eigenvalue weighted by Gasteiger charge is -2.27. The topological polar surface area (TPSA) is 0 Å². The van der Waals surface area contributed by atoms with Crippen LogP contribution >= 0.6 is 0 Å². The van der Waals surface area contributed by atoms with Gasteiger partial charge in [-0.1, -0.05) is 87.7 Å². The predicted octanol–water partition coefficient (Wildman–Crippen LogP) is 7.63. The van der Waals surface area contributed by atoms with E-state index in [0.29, 0.717) is 5.92 Å². The highest BCUT2D eigenvalue weighted by Gasteiger charge is 2.25. The van der Waals surface area contributed by atoms with Gasteiger partial charge in [-0.05, 0) is 71.3 Å². The second kappa shape index (κ2) is 7.43. The molecule has 2 aliphatic rings. The van der Waals surface area contributed by atoms with Crippen molar-refractivity contribution < 1.29 is 0 Å². The van der Waals surface area contributed by atoms with Gasteiger partial charge in [0.25, 0.3) is 0 Å². The molecule has 26 heavy (non-hydrogen) atoms. The molecule has 1 fully saturated rings. The highest BCUT2D eigenvalue weighted by molar-refractivity contribution is 5.81. The van der Waals surface area contributed by atoms with E-state index < -0.39 is 0 Å². The monoisotopic (exact) mass is 344 g/mol. The van der Waals surface area contributed by atoms with Crippen molar-refractivity contribution in [3.05, 3.63) is 64.7 Å². The standard InChI is InChI=1S/C26H32/c1-4-19(3)20-12-14-22(15-13-20)25-7-5-6-23-16-24(17-26(23)25)21-10-8-18(2)9-11-21/h5-7,12-15,17-19,21H,4,8-11,16H2,1-3H3. The van der Waals surface area contributed by atoms with Crippen molar-refractivity contribution in [2.75, 3.05) is 0 Å². The summed E-state index contributed by atoms with van der Waals surface area (Å²) in [5, 5.41) is 0. The Balaban J connectivity index is 1.61. The van der Waals surface area contributed by atoms with Gasteiger partial charge in [0.05, 0.1) is 0 Å². The van der Waals surface area contributed by atoms with E-state index in [1.807, 2.05) is 0 Å². The molecule has 0 bridgehead atoms. The fourth-order valence-electron chi connectivity index (χ4n) is 4.77. The predicted molar refractivity (Wildman–Crippen MR) is 113 cm³/mol. The molecule has 0 aromatic heterocycles. The Kier molecular flexibility index (Phi) is 5.02. The average molecular weight is 345 g/mol. The van der Waals surface area contributed by atoms with Gasteiger partial charge < -0.3 is 0 Å². The van der Waals surface area contributed by atoms with Gasteiger partial charge in [0.15, 0.2) is 0 Å². The van der Waals surface area contributed by atoms with Crippen LogP contribution < -0.4 is 0 Å². The minimum Gasteiger partial charge on any atom is -0.0648 e. The average Bonchev–Trinajstić information content (AvgIpc) is 3.12. The highest BCUT2D eigenvalue weighted by atomic mass is 14.3. The van der Waals surface area contributed by atoms with Crippen LogP contribution in [0, 0.1) is 11.8 Å². The normalized spacial score (nSPS) is 23.4. The molecule has 1 saturated carbocycles. The number of fused-ring (bicyclic) bond motifs is 1. The SMILES string of the molecule is CCC(C)c1ccc(-c2cccc3c2C=C(C2CCC(C)CC2)C3)cc1. The summed E-state index contributed by atoms with van der Waals surface area (Å²) in [5.74, 6) is 2.39. The maximum absolute atomic E-state index is 2.54. The van der Waals surface area contributed by atoms with Gasteiger partial charge in [-0.2, -0.15) is 0 Å².